The number of nitrogens with one attached hydrogen (secondary N) is 2. The Bertz CT molecular complexity index is 852. The fraction of sp³-hybridized carbons (Fsp3) is 0.619. The van der Waals surface area contributed by atoms with E-state index in [1.165, 1.54) is 6.07 Å². The summed E-state index contributed by atoms with van der Waals surface area (Å²) in [5.41, 5.74) is 0.463. The van der Waals surface area contributed by atoms with Crippen LogP contribution < -0.4 is 16.6 Å². The van der Waals surface area contributed by atoms with E-state index < -0.39 is 23.2 Å². The molecule has 0 bridgehead atoms. The Morgan fingerprint density at radius 2 is 1.84 bits per heavy atom. The number of anilines is 1. The number of nitrogens with two attached hydrogens (primary N) is 1. The van der Waals surface area contributed by atoms with E-state index in [2.05, 4.69) is 5.32 Å². The average Bonchev–Trinajstić information content (AvgIpc) is 2.55. The van der Waals surface area contributed by atoms with Gasteiger partial charge in [0.15, 0.2) is 0 Å². The summed E-state index contributed by atoms with van der Waals surface area (Å²) in [6.45, 7) is 8.48. The topological polar surface area (TPSA) is 96.7 Å². The van der Waals surface area contributed by atoms with Crippen molar-refractivity contribution in [3.8, 4) is 0 Å². The summed E-state index contributed by atoms with van der Waals surface area (Å²) < 4.78 is 45.6. The summed E-state index contributed by atoms with van der Waals surface area (Å²) >= 11 is 0. The predicted molar refractivity (Wildman–Crippen MR) is 109 cm³/mol. The molecule has 0 radical (unpaired) electrons. The number of carbonyl (C=O) groups is 2. The van der Waals surface area contributed by atoms with Crippen molar-refractivity contribution in [3.05, 3.63) is 29.3 Å². The number of alkyl halides is 3. The molecule has 1 aromatic rings. The van der Waals surface area contributed by atoms with Crippen LogP contribution in [0.4, 0.5) is 23.7 Å². The summed E-state index contributed by atoms with van der Waals surface area (Å²) in [5, 5.41) is 2.94. The maximum absolute atomic E-state index is 13.4. The lowest BCUT2D eigenvalue weighted by Gasteiger charge is -2.60. The first-order valence-corrected chi connectivity index (χ1v) is 10.2. The molecular formula is C21H29F3N4O3. The van der Waals surface area contributed by atoms with Crippen LogP contribution in [0.1, 0.15) is 56.5 Å². The number of likely N-dealkylation sites (tertiary alicyclic amines) is 1. The van der Waals surface area contributed by atoms with Gasteiger partial charge in [-0.25, -0.2) is 10.6 Å². The highest BCUT2D eigenvalue weighted by Gasteiger charge is 2.55. The van der Waals surface area contributed by atoms with E-state index in [1.54, 1.807) is 4.90 Å². The van der Waals surface area contributed by atoms with Crippen LogP contribution in [0.2, 0.25) is 0 Å². The van der Waals surface area contributed by atoms with Crippen molar-refractivity contribution in [1.29, 1.82) is 0 Å². The zero-order valence-electron chi connectivity index (χ0n) is 18.1. The van der Waals surface area contributed by atoms with Crippen molar-refractivity contribution in [2.75, 3.05) is 18.4 Å². The van der Waals surface area contributed by atoms with Crippen LogP contribution in [0.15, 0.2) is 18.2 Å². The summed E-state index contributed by atoms with van der Waals surface area (Å²) in [6.07, 6.45) is -3.27. The Hall–Kier alpha value is -2.49. The van der Waals surface area contributed by atoms with Gasteiger partial charge in [-0.3, -0.25) is 10.2 Å². The van der Waals surface area contributed by atoms with Crippen molar-refractivity contribution in [1.82, 2.24) is 10.3 Å². The van der Waals surface area contributed by atoms with E-state index in [1.807, 2.05) is 33.1 Å². The van der Waals surface area contributed by atoms with Gasteiger partial charge in [-0.15, -0.1) is 0 Å². The molecule has 4 N–H and O–H groups in total. The summed E-state index contributed by atoms with van der Waals surface area (Å²) in [7, 11) is 0. The quantitative estimate of drug-likeness (QED) is 0.375. The Balaban J connectivity index is 1.61. The molecule has 2 fully saturated rings. The molecule has 1 aliphatic heterocycles. The van der Waals surface area contributed by atoms with Crippen LogP contribution in [-0.2, 0) is 10.9 Å². The lowest BCUT2D eigenvalue weighted by molar-refractivity contribution is -0.137. The smallest absolute Gasteiger partial charge is 0.418 e. The van der Waals surface area contributed by atoms with Gasteiger partial charge in [-0.05, 0) is 64.7 Å². The zero-order chi connectivity index (χ0) is 23.2. The number of hydrogen-bond donors (Lipinski definition) is 3. The maximum Gasteiger partial charge on any atom is 0.418 e. The van der Waals surface area contributed by atoms with Gasteiger partial charge in [-0.2, -0.15) is 13.2 Å². The highest BCUT2D eigenvalue weighted by Crippen LogP contribution is 2.53. The van der Waals surface area contributed by atoms with Gasteiger partial charge >= 0.3 is 12.3 Å². The van der Waals surface area contributed by atoms with E-state index in [9.17, 15) is 22.8 Å². The number of ether oxygens (including phenoxy) is 1. The van der Waals surface area contributed by atoms with E-state index in [0.717, 1.165) is 25.0 Å². The van der Waals surface area contributed by atoms with Crippen molar-refractivity contribution < 1.29 is 27.5 Å². The van der Waals surface area contributed by atoms with Crippen molar-refractivity contribution in [2.24, 2.45) is 17.2 Å². The third-order valence-electron chi connectivity index (χ3n) is 5.90. The molecule has 172 valence electrons. The molecule has 1 heterocycles. The lowest BCUT2D eigenvalue weighted by atomic mass is 9.56. The highest BCUT2D eigenvalue weighted by molar-refractivity contribution is 5.95. The number of carbonyl (C=O) groups excluding carboxylic acids is 2. The number of rotatable bonds is 4. The molecule has 1 spiro atoms. The Labute approximate surface area is 179 Å². The average molecular weight is 442 g/mol. The first-order chi connectivity index (χ1) is 14.2. The second kappa shape index (κ2) is 7.89. The fourth-order valence-electron chi connectivity index (χ4n) is 4.38. The molecule has 2 amide bonds. The molecule has 2 aliphatic rings. The molecule has 1 saturated heterocycles. The van der Waals surface area contributed by atoms with Crippen LogP contribution >= 0.6 is 0 Å². The van der Waals surface area contributed by atoms with Gasteiger partial charge in [-0.1, -0.05) is 0 Å². The third kappa shape index (κ3) is 5.06. The first-order valence-electron chi connectivity index (χ1n) is 10.2. The van der Waals surface area contributed by atoms with E-state index in [0.29, 0.717) is 13.1 Å². The van der Waals surface area contributed by atoms with Crippen molar-refractivity contribution >= 4 is 17.7 Å². The first kappa shape index (κ1) is 23.2. The SMILES string of the molecule is CC(Nc1cc(C(=O)NN)ccc1C(F)(F)F)C1CC2(C1)CN(C(=O)OC(C)(C)C)C2. The number of amides is 2. The van der Waals surface area contributed by atoms with Crippen LogP contribution in [0.25, 0.3) is 0 Å². The molecule has 31 heavy (non-hydrogen) atoms. The zero-order valence-corrected chi connectivity index (χ0v) is 18.1. The molecule has 3 rings (SSSR count). The Morgan fingerprint density at radius 1 is 1.23 bits per heavy atom. The van der Waals surface area contributed by atoms with Crippen molar-refractivity contribution in [2.45, 2.75) is 58.4 Å². The largest absolute Gasteiger partial charge is 0.444 e. The van der Waals surface area contributed by atoms with Gasteiger partial charge in [0.1, 0.15) is 5.60 Å². The molecule has 1 unspecified atom stereocenters. The molecular weight excluding hydrogens is 413 g/mol. The standard InChI is InChI=1S/C21H29F3N4O3/c1-12(14-8-20(9-14)10-28(11-20)18(30)31-19(2,3)4)26-16-7-13(17(29)27-25)5-6-15(16)21(22,23)24/h5-7,12,14,26H,8-11,25H2,1-4H3,(H,27,29). The molecule has 1 saturated carbocycles. The number of hydrogen-bond acceptors (Lipinski definition) is 5. The molecule has 1 aliphatic carbocycles. The highest BCUT2D eigenvalue weighted by atomic mass is 19.4. The van der Waals surface area contributed by atoms with Crippen LogP contribution in [0, 0.1) is 11.3 Å². The third-order valence-corrected chi connectivity index (χ3v) is 5.90. The van der Waals surface area contributed by atoms with Crippen LogP contribution in [0.3, 0.4) is 0 Å². The minimum Gasteiger partial charge on any atom is -0.444 e. The predicted octanol–water partition coefficient (Wildman–Crippen LogP) is 3.76. The van der Waals surface area contributed by atoms with E-state index in [4.69, 9.17) is 10.6 Å². The van der Waals surface area contributed by atoms with Crippen molar-refractivity contribution in [3.63, 3.8) is 0 Å². The van der Waals surface area contributed by atoms with Gasteiger partial charge < -0.3 is 15.0 Å². The van der Waals surface area contributed by atoms with Gasteiger partial charge in [0, 0.05) is 35.8 Å². The number of nitrogens with zero attached hydrogens (tertiary/aromatic N) is 1. The Kier molecular flexibility index (Phi) is 5.90. The van der Waals surface area contributed by atoms with Crippen LogP contribution in [-0.4, -0.2) is 41.6 Å². The fourth-order valence-corrected chi connectivity index (χ4v) is 4.38. The van der Waals surface area contributed by atoms with E-state index >= 15 is 0 Å². The van der Waals surface area contributed by atoms with Gasteiger partial charge in [0.2, 0.25) is 0 Å². The number of halogens is 3. The summed E-state index contributed by atoms with van der Waals surface area (Å²) in [5.74, 6) is 4.59. The second-order valence-corrected chi connectivity index (χ2v) is 9.67. The molecule has 1 aromatic carbocycles. The number of benzene rings is 1. The minimum atomic E-state index is -4.55. The molecule has 7 nitrogen and oxygen atoms in total. The summed E-state index contributed by atoms with van der Waals surface area (Å²) in [6, 6.07) is 2.91. The van der Waals surface area contributed by atoms with Crippen LogP contribution in [0.5, 0.6) is 0 Å². The van der Waals surface area contributed by atoms with E-state index in [-0.39, 0.29) is 34.7 Å². The molecule has 10 heteroatoms. The lowest BCUT2D eigenvalue weighted by Crippen LogP contribution is -2.65. The maximum atomic E-state index is 13.4. The number of hydrazine groups is 1. The molecule has 0 aromatic heterocycles. The second-order valence-electron chi connectivity index (χ2n) is 9.67. The monoisotopic (exact) mass is 442 g/mol. The number of nitrogen functional groups attached to an aromatic ring is 1. The Morgan fingerprint density at radius 3 is 2.35 bits per heavy atom. The molecule has 1 atom stereocenters. The minimum absolute atomic E-state index is 0.0195. The normalized spacial score (nSPS) is 19.3. The van der Waals surface area contributed by atoms with Gasteiger partial charge in [0.25, 0.3) is 5.91 Å². The van der Waals surface area contributed by atoms with Gasteiger partial charge in [0.05, 0.1) is 5.56 Å². The summed E-state index contributed by atoms with van der Waals surface area (Å²) in [4.78, 5) is 25.5.